The fraction of sp³-hybridized carbons (Fsp3) is 0.389. The van der Waals surface area contributed by atoms with Gasteiger partial charge >= 0.3 is 0 Å². The molecule has 2 aromatic rings. The van der Waals surface area contributed by atoms with E-state index in [1.807, 2.05) is 44.2 Å². The molecule has 0 aliphatic rings. The highest BCUT2D eigenvalue weighted by molar-refractivity contribution is 5.50. The van der Waals surface area contributed by atoms with E-state index < -0.39 is 0 Å². The highest BCUT2D eigenvalue weighted by atomic mass is 16.5. The van der Waals surface area contributed by atoms with Crippen molar-refractivity contribution in [2.24, 2.45) is 0 Å². The summed E-state index contributed by atoms with van der Waals surface area (Å²) in [6, 6.07) is 9.93. The van der Waals surface area contributed by atoms with Crippen molar-refractivity contribution in [3.63, 3.8) is 0 Å². The summed E-state index contributed by atoms with van der Waals surface area (Å²) in [7, 11) is 1.66. The Morgan fingerprint density at radius 1 is 1.14 bits per heavy atom. The zero-order valence-corrected chi connectivity index (χ0v) is 13.6. The maximum atomic E-state index is 6.07. The molecule has 0 fully saturated rings. The van der Waals surface area contributed by atoms with Crippen LogP contribution in [0.4, 0.5) is 5.69 Å². The minimum absolute atomic E-state index is 0.611. The van der Waals surface area contributed by atoms with Gasteiger partial charge in [-0.1, -0.05) is 12.1 Å². The number of ether oxygens (including phenoxy) is 2. The Labute approximate surface area is 132 Å². The molecule has 0 amide bonds. The number of pyridine rings is 1. The smallest absolute Gasteiger partial charge is 0.118 e. The summed E-state index contributed by atoms with van der Waals surface area (Å²) in [5.74, 6) is 0.861. The van der Waals surface area contributed by atoms with Crippen LogP contribution in [0.25, 0.3) is 0 Å². The Hall–Kier alpha value is -2.07. The van der Waals surface area contributed by atoms with Crippen molar-refractivity contribution >= 4 is 5.69 Å². The molecule has 0 spiro atoms. The van der Waals surface area contributed by atoms with Crippen LogP contribution in [0.5, 0.6) is 5.75 Å². The third-order valence-corrected chi connectivity index (χ3v) is 3.60. The highest BCUT2D eigenvalue weighted by Gasteiger charge is 2.05. The molecule has 0 unspecified atom stereocenters. The van der Waals surface area contributed by atoms with Crippen molar-refractivity contribution in [2.45, 2.75) is 33.3 Å². The van der Waals surface area contributed by atoms with Crippen LogP contribution in [-0.2, 0) is 17.8 Å². The molecule has 0 saturated heterocycles. The van der Waals surface area contributed by atoms with Crippen molar-refractivity contribution in [1.29, 1.82) is 0 Å². The minimum Gasteiger partial charge on any atom is -0.497 e. The third-order valence-electron chi connectivity index (χ3n) is 3.60. The average Bonchev–Trinajstić information content (AvgIpc) is 2.52. The molecule has 2 rings (SSSR count). The van der Waals surface area contributed by atoms with Crippen molar-refractivity contribution in [2.75, 3.05) is 19.5 Å². The number of aromatic nitrogens is 1. The van der Waals surface area contributed by atoms with Gasteiger partial charge in [0.2, 0.25) is 0 Å². The van der Waals surface area contributed by atoms with Crippen LogP contribution in [0, 0.1) is 13.8 Å². The van der Waals surface area contributed by atoms with Crippen LogP contribution in [0.2, 0.25) is 0 Å². The lowest BCUT2D eigenvalue weighted by Crippen LogP contribution is -2.04. The van der Waals surface area contributed by atoms with Gasteiger partial charge in [0.05, 0.1) is 25.1 Å². The van der Waals surface area contributed by atoms with Crippen LogP contribution < -0.4 is 10.5 Å². The molecule has 0 aliphatic carbocycles. The van der Waals surface area contributed by atoms with Crippen molar-refractivity contribution in [3.05, 3.63) is 52.8 Å². The molecule has 118 valence electrons. The summed E-state index contributed by atoms with van der Waals surface area (Å²) in [6.45, 7) is 5.32. The zero-order chi connectivity index (χ0) is 15.9. The van der Waals surface area contributed by atoms with Crippen LogP contribution in [0.1, 0.15) is 28.9 Å². The second kappa shape index (κ2) is 7.80. The number of anilines is 1. The van der Waals surface area contributed by atoms with Crippen molar-refractivity contribution in [3.8, 4) is 5.75 Å². The molecule has 4 nitrogen and oxygen atoms in total. The first-order chi connectivity index (χ1) is 10.6. The quantitative estimate of drug-likeness (QED) is 0.796. The second-order valence-corrected chi connectivity index (χ2v) is 5.45. The standard InChI is InChI=1S/C18H24N2O2/c1-13-11-14(2)20-17(18(13)19)5-4-10-22-12-15-6-8-16(21-3)9-7-15/h6-9,11H,4-5,10,12,19H2,1-3H3. The molecule has 0 aliphatic heterocycles. The minimum atomic E-state index is 0.611. The first-order valence-electron chi connectivity index (χ1n) is 7.53. The van der Waals surface area contributed by atoms with Crippen LogP contribution in [-0.4, -0.2) is 18.7 Å². The van der Waals surface area contributed by atoms with Gasteiger partial charge in [-0.2, -0.15) is 0 Å². The normalized spacial score (nSPS) is 10.7. The van der Waals surface area contributed by atoms with Gasteiger partial charge in [-0.05, 0) is 56.0 Å². The Kier molecular flexibility index (Phi) is 5.78. The summed E-state index contributed by atoms with van der Waals surface area (Å²) in [5.41, 5.74) is 11.1. The first-order valence-corrected chi connectivity index (χ1v) is 7.53. The van der Waals surface area contributed by atoms with Gasteiger partial charge in [0.25, 0.3) is 0 Å². The Balaban J connectivity index is 1.75. The topological polar surface area (TPSA) is 57.4 Å². The predicted octanol–water partition coefficient (Wildman–Crippen LogP) is 3.44. The maximum absolute atomic E-state index is 6.07. The number of methoxy groups -OCH3 is 1. The van der Waals surface area contributed by atoms with E-state index in [0.717, 1.165) is 46.8 Å². The average molecular weight is 300 g/mol. The number of benzene rings is 1. The van der Waals surface area contributed by atoms with Crippen LogP contribution in [0.3, 0.4) is 0 Å². The number of hydrogen-bond acceptors (Lipinski definition) is 4. The van der Waals surface area contributed by atoms with Gasteiger partial charge in [-0.25, -0.2) is 0 Å². The third kappa shape index (κ3) is 4.46. The molecular formula is C18H24N2O2. The molecule has 1 aromatic carbocycles. The number of nitrogen functional groups attached to an aromatic ring is 1. The number of hydrogen-bond donors (Lipinski definition) is 1. The summed E-state index contributed by atoms with van der Waals surface area (Å²) in [4.78, 5) is 4.51. The SMILES string of the molecule is COc1ccc(COCCCc2nc(C)cc(C)c2N)cc1. The summed E-state index contributed by atoms with van der Waals surface area (Å²) in [6.07, 6.45) is 1.76. The van der Waals surface area contributed by atoms with E-state index in [2.05, 4.69) is 4.98 Å². The summed E-state index contributed by atoms with van der Waals surface area (Å²) >= 11 is 0. The van der Waals surface area contributed by atoms with Gasteiger partial charge < -0.3 is 15.2 Å². The van der Waals surface area contributed by atoms with E-state index in [1.54, 1.807) is 7.11 Å². The van der Waals surface area contributed by atoms with E-state index in [9.17, 15) is 0 Å². The molecule has 22 heavy (non-hydrogen) atoms. The molecule has 4 heteroatoms. The predicted molar refractivity (Wildman–Crippen MR) is 89.1 cm³/mol. The Bertz CT molecular complexity index is 609. The molecule has 0 atom stereocenters. The maximum Gasteiger partial charge on any atom is 0.118 e. The second-order valence-electron chi connectivity index (χ2n) is 5.45. The largest absolute Gasteiger partial charge is 0.497 e. The van der Waals surface area contributed by atoms with E-state index in [4.69, 9.17) is 15.2 Å². The van der Waals surface area contributed by atoms with E-state index in [1.165, 1.54) is 0 Å². The summed E-state index contributed by atoms with van der Waals surface area (Å²) in [5, 5.41) is 0. The number of nitrogens with two attached hydrogens (primary N) is 1. The first kappa shape index (κ1) is 16.3. The van der Waals surface area contributed by atoms with Crippen molar-refractivity contribution in [1.82, 2.24) is 4.98 Å². The van der Waals surface area contributed by atoms with Gasteiger partial charge in [0.1, 0.15) is 5.75 Å². The lowest BCUT2D eigenvalue weighted by atomic mass is 10.1. The Morgan fingerprint density at radius 2 is 1.86 bits per heavy atom. The molecule has 1 aromatic heterocycles. The van der Waals surface area contributed by atoms with Gasteiger partial charge in [-0.3, -0.25) is 4.98 Å². The van der Waals surface area contributed by atoms with E-state index in [0.29, 0.717) is 13.2 Å². The van der Waals surface area contributed by atoms with Crippen molar-refractivity contribution < 1.29 is 9.47 Å². The lowest BCUT2D eigenvalue weighted by Gasteiger charge is -2.09. The van der Waals surface area contributed by atoms with E-state index >= 15 is 0 Å². The van der Waals surface area contributed by atoms with E-state index in [-0.39, 0.29) is 0 Å². The Morgan fingerprint density at radius 3 is 2.55 bits per heavy atom. The van der Waals surface area contributed by atoms with Crippen LogP contribution in [0.15, 0.2) is 30.3 Å². The fourth-order valence-corrected chi connectivity index (χ4v) is 2.37. The molecule has 2 N–H and O–H groups in total. The number of nitrogens with zero attached hydrogens (tertiary/aromatic N) is 1. The highest BCUT2D eigenvalue weighted by Crippen LogP contribution is 2.17. The summed E-state index contributed by atoms with van der Waals surface area (Å²) < 4.78 is 10.8. The van der Waals surface area contributed by atoms with Gasteiger partial charge in [0, 0.05) is 12.3 Å². The van der Waals surface area contributed by atoms with Gasteiger partial charge in [0.15, 0.2) is 0 Å². The molecular weight excluding hydrogens is 276 g/mol. The molecule has 0 saturated carbocycles. The zero-order valence-electron chi connectivity index (χ0n) is 13.6. The van der Waals surface area contributed by atoms with Gasteiger partial charge in [-0.15, -0.1) is 0 Å². The number of rotatable bonds is 7. The molecule has 0 radical (unpaired) electrons. The lowest BCUT2D eigenvalue weighted by molar-refractivity contribution is 0.118. The fourth-order valence-electron chi connectivity index (χ4n) is 2.37. The molecule has 1 heterocycles. The van der Waals surface area contributed by atoms with Crippen LogP contribution >= 0.6 is 0 Å². The number of aryl methyl sites for hydroxylation is 3. The molecule has 0 bridgehead atoms. The monoisotopic (exact) mass is 300 g/mol.